The number of para-hydroxylation sites is 2. The predicted molar refractivity (Wildman–Crippen MR) is 145 cm³/mol. The number of aromatic nitrogens is 1. The van der Waals surface area contributed by atoms with Crippen molar-refractivity contribution in [1.82, 2.24) is 10.4 Å². The minimum atomic E-state index is -0.460. The Labute approximate surface area is 218 Å². The van der Waals surface area contributed by atoms with Crippen LogP contribution < -0.4 is 19.6 Å². The first-order chi connectivity index (χ1) is 18.5. The standard InChI is InChI=1S/C28H24N4O6/c1-36-25-15-19(16-26(37-2)27(25)38-3)23-17-21(20-11-5-6-12-22(20)30-23)28(33)31-29-14-8-10-18-9-4-7-13-24(18)32(34)35/h4-17H,1-3H3,(H,31,33)/b10-8+,29-14+. The Morgan fingerprint density at radius 2 is 1.66 bits per heavy atom. The molecule has 1 N–H and O–H groups in total. The fraction of sp³-hybridized carbons (Fsp3) is 0.107. The molecule has 0 aliphatic heterocycles. The molecule has 4 rings (SSSR count). The number of amides is 1. The van der Waals surface area contributed by atoms with Gasteiger partial charge in [-0.2, -0.15) is 5.10 Å². The van der Waals surface area contributed by atoms with Crippen LogP contribution in [0.5, 0.6) is 17.2 Å². The number of benzene rings is 3. The second-order valence-electron chi connectivity index (χ2n) is 7.88. The number of nitro benzene ring substituents is 1. The molecule has 0 unspecified atom stereocenters. The van der Waals surface area contributed by atoms with Crippen molar-refractivity contribution in [2.45, 2.75) is 0 Å². The molecule has 3 aromatic carbocycles. The van der Waals surface area contributed by atoms with Crippen molar-refractivity contribution >= 4 is 34.8 Å². The lowest BCUT2D eigenvalue weighted by Crippen LogP contribution is -2.18. The summed E-state index contributed by atoms with van der Waals surface area (Å²) in [6.07, 6.45) is 4.39. The summed E-state index contributed by atoms with van der Waals surface area (Å²) >= 11 is 0. The lowest BCUT2D eigenvalue weighted by Gasteiger charge is -2.15. The molecular formula is C28H24N4O6. The third-order valence-electron chi connectivity index (χ3n) is 5.66. The highest BCUT2D eigenvalue weighted by Crippen LogP contribution is 2.41. The molecule has 1 heterocycles. The zero-order valence-corrected chi connectivity index (χ0v) is 20.9. The number of hydrogen-bond donors (Lipinski definition) is 1. The van der Waals surface area contributed by atoms with Crippen molar-refractivity contribution in [3.8, 4) is 28.5 Å². The Bertz CT molecular complexity index is 1540. The molecule has 0 saturated carbocycles. The normalized spacial score (nSPS) is 11.1. The van der Waals surface area contributed by atoms with Crippen LogP contribution in [0.2, 0.25) is 0 Å². The van der Waals surface area contributed by atoms with Crippen molar-refractivity contribution in [2.24, 2.45) is 5.10 Å². The fourth-order valence-electron chi connectivity index (χ4n) is 3.88. The average molecular weight is 513 g/mol. The number of rotatable bonds is 9. The van der Waals surface area contributed by atoms with Gasteiger partial charge in [-0.25, -0.2) is 10.4 Å². The van der Waals surface area contributed by atoms with Gasteiger partial charge in [0.2, 0.25) is 5.75 Å². The number of allylic oxidation sites excluding steroid dienone is 1. The Morgan fingerprint density at radius 1 is 0.974 bits per heavy atom. The number of hydrazone groups is 1. The van der Waals surface area contributed by atoms with Crippen LogP contribution in [0, 0.1) is 10.1 Å². The topological polar surface area (TPSA) is 125 Å². The SMILES string of the molecule is COc1cc(-c2cc(C(=O)N/N=C/C=C/c3ccccc3[N+](=O)[O-])c3ccccc3n2)cc(OC)c1OC. The lowest BCUT2D eigenvalue weighted by atomic mass is 10.0. The van der Waals surface area contributed by atoms with E-state index < -0.39 is 10.8 Å². The number of carbonyl (C=O) groups excluding carboxylic acids is 1. The number of hydrogen-bond acceptors (Lipinski definition) is 8. The second-order valence-corrected chi connectivity index (χ2v) is 7.88. The maximum atomic E-state index is 13.1. The number of fused-ring (bicyclic) bond motifs is 1. The summed E-state index contributed by atoms with van der Waals surface area (Å²) in [5.74, 6) is 0.907. The molecule has 0 fully saturated rings. The Kier molecular flexibility index (Phi) is 7.92. The second kappa shape index (κ2) is 11.7. The molecule has 10 heteroatoms. The first-order valence-corrected chi connectivity index (χ1v) is 11.4. The Morgan fingerprint density at radius 3 is 2.34 bits per heavy atom. The van der Waals surface area contributed by atoms with Crippen LogP contribution in [0.3, 0.4) is 0 Å². The lowest BCUT2D eigenvalue weighted by molar-refractivity contribution is -0.385. The number of carbonyl (C=O) groups is 1. The van der Waals surface area contributed by atoms with E-state index in [4.69, 9.17) is 19.2 Å². The molecule has 0 aliphatic rings. The zero-order valence-electron chi connectivity index (χ0n) is 20.9. The van der Waals surface area contributed by atoms with E-state index >= 15 is 0 Å². The van der Waals surface area contributed by atoms with Crippen molar-refractivity contribution in [3.05, 3.63) is 94.0 Å². The summed E-state index contributed by atoms with van der Waals surface area (Å²) in [4.78, 5) is 28.5. The van der Waals surface area contributed by atoms with Gasteiger partial charge in [-0.3, -0.25) is 14.9 Å². The first kappa shape index (κ1) is 25.8. The molecule has 0 saturated heterocycles. The highest BCUT2D eigenvalue weighted by Gasteiger charge is 2.18. The summed E-state index contributed by atoms with van der Waals surface area (Å²) in [7, 11) is 4.57. The molecule has 1 aromatic heterocycles. The predicted octanol–water partition coefficient (Wildman–Crippen LogP) is 5.26. The van der Waals surface area contributed by atoms with E-state index in [1.807, 2.05) is 18.2 Å². The summed E-state index contributed by atoms with van der Waals surface area (Å²) < 4.78 is 16.3. The van der Waals surface area contributed by atoms with Gasteiger partial charge in [0.1, 0.15) is 0 Å². The summed E-state index contributed by atoms with van der Waals surface area (Å²) in [6.45, 7) is 0. The van der Waals surface area contributed by atoms with E-state index in [1.165, 1.54) is 45.8 Å². The molecular weight excluding hydrogens is 488 g/mol. The van der Waals surface area contributed by atoms with Crippen LogP contribution in [0.15, 0.2) is 77.9 Å². The number of methoxy groups -OCH3 is 3. The maximum absolute atomic E-state index is 13.1. The largest absolute Gasteiger partial charge is 0.493 e. The highest BCUT2D eigenvalue weighted by molar-refractivity contribution is 6.07. The van der Waals surface area contributed by atoms with Gasteiger partial charge in [-0.1, -0.05) is 30.3 Å². The molecule has 4 aromatic rings. The quantitative estimate of drug-likeness (QED) is 0.184. The van der Waals surface area contributed by atoms with Crippen molar-refractivity contribution in [2.75, 3.05) is 21.3 Å². The van der Waals surface area contributed by atoms with Crippen LogP contribution >= 0.6 is 0 Å². The Balaban J connectivity index is 1.64. The van der Waals surface area contributed by atoms with Crippen molar-refractivity contribution < 1.29 is 23.9 Å². The molecule has 0 bridgehead atoms. The van der Waals surface area contributed by atoms with Crippen molar-refractivity contribution in [1.29, 1.82) is 0 Å². The third-order valence-corrected chi connectivity index (χ3v) is 5.66. The van der Waals surface area contributed by atoms with Gasteiger partial charge in [-0.05, 0) is 42.5 Å². The summed E-state index contributed by atoms with van der Waals surface area (Å²) in [5, 5.41) is 15.8. The fourth-order valence-corrected chi connectivity index (χ4v) is 3.88. The van der Waals surface area contributed by atoms with Gasteiger partial charge in [0.25, 0.3) is 11.6 Å². The van der Waals surface area contributed by atoms with E-state index in [0.717, 1.165) is 0 Å². The molecule has 1 amide bonds. The maximum Gasteiger partial charge on any atom is 0.276 e. The monoisotopic (exact) mass is 512 g/mol. The van der Waals surface area contributed by atoms with E-state index in [1.54, 1.807) is 42.5 Å². The third kappa shape index (κ3) is 5.44. The molecule has 0 spiro atoms. The van der Waals surface area contributed by atoms with E-state index in [2.05, 4.69) is 10.5 Å². The number of nitro groups is 1. The van der Waals surface area contributed by atoms with Gasteiger partial charge >= 0.3 is 0 Å². The highest BCUT2D eigenvalue weighted by atomic mass is 16.6. The van der Waals surface area contributed by atoms with Crippen LogP contribution in [-0.4, -0.2) is 43.4 Å². The van der Waals surface area contributed by atoms with Gasteiger partial charge in [0.05, 0.1) is 48.6 Å². The zero-order chi connectivity index (χ0) is 27.1. The van der Waals surface area contributed by atoms with Crippen LogP contribution in [0.4, 0.5) is 5.69 Å². The average Bonchev–Trinajstić information content (AvgIpc) is 2.95. The minimum absolute atomic E-state index is 0.0243. The Hall–Kier alpha value is -5.25. The molecule has 0 aliphatic carbocycles. The van der Waals surface area contributed by atoms with Crippen LogP contribution in [-0.2, 0) is 0 Å². The molecule has 38 heavy (non-hydrogen) atoms. The van der Waals surface area contributed by atoms with Crippen molar-refractivity contribution in [3.63, 3.8) is 0 Å². The molecule has 0 radical (unpaired) electrons. The number of pyridine rings is 1. The van der Waals surface area contributed by atoms with Gasteiger partial charge in [0, 0.05) is 23.2 Å². The smallest absolute Gasteiger partial charge is 0.276 e. The minimum Gasteiger partial charge on any atom is -0.493 e. The van der Waals surface area contributed by atoms with Gasteiger partial charge < -0.3 is 14.2 Å². The first-order valence-electron chi connectivity index (χ1n) is 11.4. The summed E-state index contributed by atoms with van der Waals surface area (Å²) in [5.41, 5.74) is 5.06. The van der Waals surface area contributed by atoms with E-state index in [0.29, 0.717) is 50.5 Å². The van der Waals surface area contributed by atoms with E-state index in [-0.39, 0.29) is 5.69 Å². The van der Waals surface area contributed by atoms with Gasteiger partial charge in [-0.15, -0.1) is 0 Å². The van der Waals surface area contributed by atoms with Gasteiger partial charge in [0.15, 0.2) is 11.5 Å². The number of nitrogens with zero attached hydrogens (tertiary/aromatic N) is 3. The number of nitrogens with one attached hydrogen (secondary N) is 1. The van der Waals surface area contributed by atoms with Crippen LogP contribution in [0.1, 0.15) is 15.9 Å². The molecule has 10 nitrogen and oxygen atoms in total. The van der Waals surface area contributed by atoms with E-state index in [9.17, 15) is 14.9 Å². The summed E-state index contributed by atoms with van der Waals surface area (Å²) in [6, 6.07) is 18.8. The van der Waals surface area contributed by atoms with Crippen LogP contribution in [0.25, 0.3) is 28.2 Å². The number of ether oxygens (including phenoxy) is 3. The molecule has 192 valence electrons. The molecule has 0 atom stereocenters.